The highest BCUT2D eigenvalue weighted by Gasteiger charge is 1.96. The fourth-order valence-electron chi connectivity index (χ4n) is 1.41. The summed E-state index contributed by atoms with van der Waals surface area (Å²) in [6, 6.07) is 0. The largest absolute Gasteiger partial charge is 0.381 e. The van der Waals surface area contributed by atoms with Gasteiger partial charge in [-0.05, 0) is 18.9 Å². The molecule has 1 N–H and O–H groups in total. The summed E-state index contributed by atoms with van der Waals surface area (Å²) in [5.41, 5.74) is 1.23. The van der Waals surface area contributed by atoms with Gasteiger partial charge in [0.2, 0.25) is 0 Å². The molecule has 0 saturated carbocycles. The maximum Gasteiger partial charge on any atom is 0.0534 e. The van der Waals surface area contributed by atoms with Gasteiger partial charge in [-0.25, -0.2) is 0 Å². The molecule has 16 heavy (non-hydrogen) atoms. The van der Waals surface area contributed by atoms with Gasteiger partial charge in [-0.2, -0.15) is 5.10 Å². The quantitative estimate of drug-likeness (QED) is 0.683. The van der Waals surface area contributed by atoms with Crippen LogP contribution in [0.1, 0.15) is 25.8 Å². The Kier molecular flexibility index (Phi) is 6.11. The molecule has 1 aromatic heterocycles. The topological polar surface area (TPSA) is 39.1 Å². The predicted octanol–water partition coefficient (Wildman–Crippen LogP) is 1.57. The van der Waals surface area contributed by atoms with Crippen molar-refractivity contribution in [2.75, 3.05) is 19.8 Å². The first-order chi connectivity index (χ1) is 7.68. The van der Waals surface area contributed by atoms with Crippen LogP contribution in [0.3, 0.4) is 0 Å². The first-order valence-corrected chi connectivity index (χ1v) is 5.94. The molecule has 1 aromatic rings. The molecule has 0 amide bonds. The van der Waals surface area contributed by atoms with Crippen LogP contribution in [0.5, 0.6) is 0 Å². The van der Waals surface area contributed by atoms with Gasteiger partial charge in [0.25, 0.3) is 0 Å². The number of hydrogen-bond donors (Lipinski definition) is 1. The number of nitrogens with one attached hydrogen (secondary N) is 1. The van der Waals surface area contributed by atoms with Crippen LogP contribution >= 0.6 is 0 Å². The third-order valence-corrected chi connectivity index (χ3v) is 2.18. The molecule has 0 atom stereocenters. The minimum atomic E-state index is 0.628. The molecule has 0 aliphatic carbocycles. The number of rotatable bonds is 8. The monoisotopic (exact) mass is 225 g/mol. The maximum absolute atomic E-state index is 5.49. The van der Waals surface area contributed by atoms with Gasteiger partial charge in [0.05, 0.1) is 6.20 Å². The Hall–Kier alpha value is -0.870. The maximum atomic E-state index is 5.49. The molecule has 4 heteroatoms. The lowest BCUT2D eigenvalue weighted by molar-refractivity contribution is 0.108. The standard InChI is InChI=1S/C12H23N3O/c1-11(2)10-16-6-4-5-13-7-12-8-14-15(3)9-12/h8-9,11,13H,4-7,10H2,1-3H3. The molecule has 0 unspecified atom stereocenters. The van der Waals surface area contributed by atoms with Crippen molar-refractivity contribution in [3.05, 3.63) is 18.0 Å². The number of aryl methyl sites for hydroxylation is 1. The van der Waals surface area contributed by atoms with Crippen LogP contribution in [0.4, 0.5) is 0 Å². The van der Waals surface area contributed by atoms with E-state index in [2.05, 4.69) is 24.3 Å². The highest BCUT2D eigenvalue weighted by Crippen LogP contribution is 1.95. The van der Waals surface area contributed by atoms with Crippen molar-refractivity contribution in [2.24, 2.45) is 13.0 Å². The van der Waals surface area contributed by atoms with Crippen molar-refractivity contribution < 1.29 is 4.74 Å². The molecular formula is C12H23N3O. The Morgan fingerprint density at radius 3 is 2.94 bits per heavy atom. The van der Waals surface area contributed by atoms with E-state index in [1.807, 2.05) is 24.1 Å². The number of nitrogens with zero attached hydrogens (tertiary/aromatic N) is 2. The summed E-state index contributed by atoms with van der Waals surface area (Å²) in [5, 5.41) is 7.49. The molecule has 0 radical (unpaired) electrons. The highest BCUT2D eigenvalue weighted by molar-refractivity contribution is 5.02. The molecule has 0 aromatic carbocycles. The SMILES string of the molecule is CC(C)COCCCNCc1cnn(C)c1. The zero-order chi connectivity index (χ0) is 11.8. The summed E-state index contributed by atoms with van der Waals surface area (Å²) >= 11 is 0. The minimum absolute atomic E-state index is 0.628. The van der Waals surface area contributed by atoms with E-state index in [9.17, 15) is 0 Å². The third kappa shape index (κ3) is 5.88. The van der Waals surface area contributed by atoms with Crippen molar-refractivity contribution in [2.45, 2.75) is 26.8 Å². The number of hydrogen-bond acceptors (Lipinski definition) is 3. The zero-order valence-corrected chi connectivity index (χ0v) is 10.6. The fraction of sp³-hybridized carbons (Fsp3) is 0.750. The summed E-state index contributed by atoms with van der Waals surface area (Å²) in [6.45, 7) is 7.92. The lowest BCUT2D eigenvalue weighted by atomic mass is 10.2. The van der Waals surface area contributed by atoms with Crippen LogP contribution in [-0.2, 0) is 18.3 Å². The van der Waals surface area contributed by atoms with Crippen LogP contribution in [-0.4, -0.2) is 29.5 Å². The van der Waals surface area contributed by atoms with Crippen molar-refractivity contribution >= 4 is 0 Å². The molecule has 0 fully saturated rings. The van der Waals surface area contributed by atoms with Crippen molar-refractivity contribution in [1.29, 1.82) is 0 Å². The summed E-state index contributed by atoms with van der Waals surface area (Å²) in [4.78, 5) is 0. The molecule has 0 aliphatic rings. The van der Waals surface area contributed by atoms with Crippen molar-refractivity contribution in [3.63, 3.8) is 0 Å². The second kappa shape index (κ2) is 7.41. The van der Waals surface area contributed by atoms with Gasteiger partial charge in [-0.1, -0.05) is 13.8 Å². The second-order valence-electron chi connectivity index (χ2n) is 4.52. The molecular weight excluding hydrogens is 202 g/mol. The number of aromatic nitrogens is 2. The Bertz CT molecular complexity index is 284. The van der Waals surface area contributed by atoms with E-state index < -0.39 is 0 Å². The third-order valence-electron chi connectivity index (χ3n) is 2.18. The Balaban J connectivity index is 1.92. The van der Waals surface area contributed by atoms with Crippen LogP contribution < -0.4 is 5.32 Å². The number of ether oxygens (including phenoxy) is 1. The van der Waals surface area contributed by atoms with Gasteiger partial charge < -0.3 is 10.1 Å². The molecule has 0 bridgehead atoms. The van der Waals surface area contributed by atoms with E-state index >= 15 is 0 Å². The summed E-state index contributed by atoms with van der Waals surface area (Å²) in [5.74, 6) is 0.628. The molecule has 92 valence electrons. The van der Waals surface area contributed by atoms with E-state index in [0.29, 0.717) is 5.92 Å². The van der Waals surface area contributed by atoms with E-state index in [0.717, 1.165) is 32.7 Å². The summed E-state index contributed by atoms with van der Waals surface area (Å²) in [7, 11) is 1.93. The first-order valence-electron chi connectivity index (χ1n) is 5.94. The second-order valence-corrected chi connectivity index (χ2v) is 4.52. The van der Waals surface area contributed by atoms with Crippen molar-refractivity contribution in [1.82, 2.24) is 15.1 Å². The minimum Gasteiger partial charge on any atom is -0.381 e. The molecule has 0 aliphatic heterocycles. The normalized spacial score (nSPS) is 11.2. The van der Waals surface area contributed by atoms with E-state index in [1.54, 1.807) is 0 Å². The molecule has 0 spiro atoms. The van der Waals surface area contributed by atoms with Crippen LogP contribution in [0.15, 0.2) is 12.4 Å². The Labute approximate surface area is 98.0 Å². The van der Waals surface area contributed by atoms with Crippen LogP contribution in [0.2, 0.25) is 0 Å². The van der Waals surface area contributed by atoms with Gasteiger partial charge in [0.1, 0.15) is 0 Å². The fourth-order valence-corrected chi connectivity index (χ4v) is 1.41. The summed E-state index contributed by atoms with van der Waals surface area (Å²) < 4.78 is 7.32. The van der Waals surface area contributed by atoms with Crippen LogP contribution in [0, 0.1) is 5.92 Å². The lowest BCUT2D eigenvalue weighted by Gasteiger charge is -2.07. The van der Waals surface area contributed by atoms with Gasteiger partial charge in [0, 0.05) is 38.6 Å². The van der Waals surface area contributed by atoms with E-state index in [1.165, 1.54) is 5.56 Å². The molecule has 0 saturated heterocycles. The average molecular weight is 225 g/mol. The average Bonchev–Trinajstić information content (AvgIpc) is 2.62. The Morgan fingerprint density at radius 2 is 2.31 bits per heavy atom. The molecule has 4 nitrogen and oxygen atoms in total. The van der Waals surface area contributed by atoms with Crippen molar-refractivity contribution in [3.8, 4) is 0 Å². The molecule has 1 rings (SSSR count). The first kappa shape index (κ1) is 13.2. The smallest absolute Gasteiger partial charge is 0.0534 e. The van der Waals surface area contributed by atoms with E-state index in [-0.39, 0.29) is 0 Å². The highest BCUT2D eigenvalue weighted by atomic mass is 16.5. The lowest BCUT2D eigenvalue weighted by Crippen LogP contribution is -2.16. The van der Waals surface area contributed by atoms with Gasteiger partial charge in [0.15, 0.2) is 0 Å². The zero-order valence-electron chi connectivity index (χ0n) is 10.6. The Morgan fingerprint density at radius 1 is 1.50 bits per heavy atom. The predicted molar refractivity (Wildman–Crippen MR) is 65.2 cm³/mol. The van der Waals surface area contributed by atoms with Gasteiger partial charge in [-0.15, -0.1) is 0 Å². The molecule has 1 heterocycles. The van der Waals surface area contributed by atoms with Gasteiger partial charge in [-0.3, -0.25) is 4.68 Å². The summed E-state index contributed by atoms with van der Waals surface area (Å²) in [6.07, 6.45) is 4.98. The van der Waals surface area contributed by atoms with E-state index in [4.69, 9.17) is 4.74 Å². The van der Waals surface area contributed by atoms with Gasteiger partial charge >= 0.3 is 0 Å². The van der Waals surface area contributed by atoms with Crippen LogP contribution in [0.25, 0.3) is 0 Å².